The Kier molecular flexibility index (Phi) is 4.58. The van der Waals surface area contributed by atoms with E-state index < -0.39 is 0 Å². The molecule has 0 spiro atoms. The van der Waals surface area contributed by atoms with E-state index in [1.807, 2.05) is 38.4 Å². The molecule has 0 unspecified atom stereocenters. The summed E-state index contributed by atoms with van der Waals surface area (Å²) in [6.07, 6.45) is 0. The van der Waals surface area contributed by atoms with Crippen molar-refractivity contribution in [3.8, 4) is 17.0 Å². The van der Waals surface area contributed by atoms with Crippen molar-refractivity contribution in [2.75, 3.05) is 27.2 Å². The number of fused-ring (bicyclic) bond motifs is 1. The first-order valence-corrected chi connectivity index (χ1v) is 7.88. The lowest BCUT2D eigenvalue weighted by Gasteiger charge is -2.14. The highest BCUT2D eigenvalue weighted by Gasteiger charge is 2.09. The second-order valence-corrected chi connectivity index (χ2v) is 6.04. The van der Waals surface area contributed by atoms with Gasteiger partial charge in [-0.1, -0.05) is 35.9 Å². The number of aryl methyl sites for hydroxylation is 1. The van der Waals surface area contributed by atoms with Crippen LogP contribution in [0.5, 0.6) is 5.75 Å². The zero-order chi connectivity index (χ0) is 16.2. The Morgan fingerprint density at radius 3 is 2.61 bits per heavy atom. The van der Waals surface area contributed by atoms with E-state index in [2.05, 4.69) is 42.2 Å². The van der Waals surface area contributed by atoms with E-state index in [9.17, 15) is 0 Å². The van der Waals surface area contributed by atoms with E-state index in [1.54, 1.807) is 0 Å². The fourth-order valence-corrected chi connectivity index (χ4v) is 2.55. The predicted octanol–water partition coefficient (Wildman–Crippen LogP) is 4.15. The van der Waals surface area contributed by atoms with Gasteiger partial charge in [0.05, 0.1) is 11.2 Å². The predicted molar refractivity (Wildman–Crippen MR) is 96.0 cm³/mol. The first kappa shape index (κ1) is 15.5. The highest BCUT2D eigenvalue weighted by Crippen LogP contribution is 2.30. The van der Waals surface area contributed by atoms with Gasteiger partial charge in [-0.25, -0.2) is 4.98 Å². The number of aromatic nitrogens is 1. The zero-order valence-electron chi connectivity index (χ0n) is 13.9. The molecule has 0 amide bonds. The number of likely N-dealkylation sites (N-methyl/N-ethyl adjacent to an activating group) is 1. The zero-order valence-corrected chi connectivity index (χ0v) is 13.9. The quantitative estimate of drug-likeness (QED) is 0.708. The second-order valence-electron chi connectivity index (χ2n) is 6.04. The highest BCUT2D eigenvalue weighted by molar-refractivity contribution is 5.87. The fourth-order valence-electron chi connectivity index (χ4n) is 2.55. The van der Waals surface area contributed by atoms with Crippen molar-refractivity contribution >= 4 is 10.9 Å². The van der Waals surface area contributed by atoms with Crippen LogP contribution in [0.25, 0.3) is 22.2 Å². The molecule has 2 aromatic carbocycles. The number of hydrogen-bond acceptors (Lipinski definition) is 3. The number of hydrogen-bond donors (Lipinski definition) is 0. The van der Waals surface area contributed by atoms with Gasteiger partial charge in [-0.3, -0.25) is 0 Å². The molecule has 3 rings (SSSR count). The molecular weight excluding hydrogens is 284 g/mol. The fraction of sp³-hybridized carbons (Fsp3) is 0.250. The van der Waals surface area contributed by atoms with Gasteiger partial charge in [-0.15, -0.1) is 0 Å². The van der Waals surface area contributed by atoms with Crippen LogP contribution < -0.4 is 4.74 Å². The summed E-state index contributed by atoms with van der Waals surface area (Å²) in [7, 11) is 4.10. The molecule has 118 valence electrons. The summed E-state index contributed by atoms with van der Waals surface area (Å²) in [5.41, 5.74) is 4.26. The van der Waals surface area contributed by atoms with Crippen LogP contribution in [0.1, 0.15) is 5.56 Å². The normalized spacial score (nSPS) is 11.1. The summed E-state index contributed by atoms with van der Waals surface area (Å²) in [5, 5.41) is 1.06. The second kappa shape index (κ2) is 6.80. The average molecular weight is 306 g/mol. The first-order valence-electron chi connectivity index (χ1n) is 7.88. The molecule has 1 aromatic heterocycles. The summed E-state index contributed by atoms with van der Waals surface area (Å²) >= 11 is 0. The lowest BCUT2D eigenvalue weighted by atomic mass is 10.1. The van der Waals surface area contributed by atoms with Crippen molar-refractivity contribution < 1.29 is 4.74 Å². The number of rotatable bonds is 5. The van der Waals surface area contributed by atoms with E-state index in [0.717, 1.165) is 34.5 Å². The number of para-hydroxylation sites is 1. The third kappa shape index (κ3) is 3.69. The number of ether oxygens (including phenoxy) is 1. The Balaban J connectivity index is 2.03. The smallest absolute Gasteiger partial charge is 0.130 e. The van der Waals surface area contributed by atoms with E-state index in [1.165, 1.54) is 5.56 Å². The molecular formula is C20H22N2O. The lowest BCUT2D eigenvalue weighted by molar-refractivity contribution is 0.263. The molecule has 23 heavy (non-hydrogen) atoms. The van der Waals surface area contributed by atoms with Crippen LogP contribution in [0.2, 0.25) is 0 Å². The maximum absolute atomic E-state index is 6.04. The Morgan fingerprint density at radius 1 is 1.00 bits per heavy atom. The molecule has 0 fully saturated rings. The third-order valence-corrected chi connectivity index (χ3v) is 3.79. The standard InChI is InChI=1S/C20H22N2O/c1-15-7-6-8-16(13-15)19-14-20(23-12-11-22(2)3)17-9-4-5-10-18(17)21-19/h4-10,13-14H,11-12H2,1-3H3. The summed E-state index contributed by atoms with van der Waals surface area (Å²) in [6.45, 7) is 3.64. The van der Waals surface area contributed by atoms with Crippen molar-refractivity contribution in [2.45, 2.75) is 6.92 Å². The van der Waals surface area contributed by atoms with Gasteiger partial charge < -0.3 is 9.64 Å². The molecule has 3 heteroatoms. The van der Waals surface area contributed by atoms with Crippen LogP contribution in [0, 0.1) is 6.92 Å². The molecule has 0 aliphatic carbocycles. The molecule has 1 heterocycles. The van der Waals surface area contributed by atoms with Crippen LogP contribution in [-0.4, -0.2) is 37.1 Å². The molecule has 0 aliphatic heterocycles. The SMILES string of the molecule is Cc1cccc(-c2cc(OCCN(C)C)c3ccccc3n2)c1. The maximum Gasteiger partial charge on any atom is 0.130 e. The van der Waals surface area contributed by atoms with Crippen molar-refractivity contribution in [3.63, 3.8) is 0 Å². The van der Waals surface area contributed by atoms with Crippen LogP contribution in [-0.2, 0) is 0 Å². The van der Waals surface area contributed by atoms with E-state index >= 15 is 0 Å². The molecule has 3 aromatic rings. The molecule has 0 saturated carbocycles. The average Bonchev–Trinajstić information content (AvgIpc) is 2.54. The van der Waals surface area contributed by atoms with Crippen molar-refractivity contribution in [1.29, 1.82) is 0 Å². The Morgan fingerprint density at radius 2 is 1.83 bits per heavy atom. The van der Waals surface area contributed by atoms with E-state index in [0.29, 0.717) is 6.61 Å². The minimum absolute atomic E-state index is 0.661. The van der Waals surface area contributed by atoms with Crippen LogP contribution in [0.4, 0.5) is 0 Å². The van der Waals surface area contributed by atoms with Gasteiger partial charge in [0.25, 0.3) is 0 Å². The number of benzene rings is 2. The minimum atomic E-state index is 0.661. The van der Waals surface area contributed by atoms with E-state index in [-0.39, 0.29) is 0 Å². The highest BCUT2D eigenvalue weighted by atomic mass is 16.5. The van der Waals surface area contributed by atoms with Crippen LogP contribution >= 0.6 is 0 Å². The molecule has 0 radical (unpaired) electrons. The van der Waals surface area contributed by atoms with Gasteiger partial charge in [-0.2, -0.15) is 0 Å². The van der Waals surface area contributed by atoms with Crippen molar-refractivity contribution in [1.82, 2.24) is 9.88 Å². The Hall–Kier alpha value is -2.39. The first-order chi connectivity index (χ1) is 11.1. The monoisotopic (exact) mass is 306 g/mol. The lowest BCUT2D eigenvalue weighted by Crippen LogP contribution is -2.19. The summed E-state index contributed by atoms with van der Waals surface area (Å²) in [4.78, 5) is 6.92. The van der Waals surface area contributed by atoms with Gasteiger partial charge in [0.1, 0.15) is 12.4 Å². The van der Waals surface area contributed by atoms with Crippen LogP contribution in [0.15, 0.2) is 54.6 Å². The summed E-state index contributed by atoms with van der Waals surface area (Å²) < 4.78 is 6.04. The van der Waals surface area contributed by atoms with Crippen LogP contribution in [0.3, 0.4) is 0 Å². The summed E-state index contributed by atoms with van der Waals surface area (Å²) in [5.74, 6) is 0.897. The Bertz CT molecular complexity index is 812. The van der Waals surface area contributed by atoms with Crippen molar-refractivity contribution in [3.05, 3.63) is 60.2 Å². The largest absolute Gasteiger partial charge is 0.491 e. The molecule has 0 aliphatic rings. The number of pyridine rings is 1. The molecule has 0 saturated heterocycles. The topological polar surface area (TPSA) is 25.4 Å². The number of nitrogens with zero attached hydrogens (tertiary/aromatic N) is 2. The third-order valence-electron chi connectivity index (χ3n) is 3.79. The molecule has 0 bridgehead atoms. The van der Waals surface area contributed by atoms with Crippen molar-refractivity contribution in [2.24, 2.45) is 0 Å². The van der Waals surface area contributed by atoms with Gasteiger partial charge in [0.15, 0.2) is 0 Å². The van der Waals surface area contributed by atoms with Gasteiger partial charge >= 0.3 is 0 Å². The molecule has 0 N–H and O–H groups in total. The molecule has 0 atom stereocenters. The molecule has 3 nitrogen and oxygen atoms in total. The van der Waals surface area contributed by atoms with Gasteiger partial charge in [0, 0.05) is 23.6 Å². The van der Waals surface area contributed by atoms with Gasteiger partial charge in [0.2, 0.25) is 0 Å². The van der Waals surface area contributed by atoms with E-state index in [4.69, 9.17) is 9.72 Å². The summed E-state index contributed by atoms with van der Waals surface area (Å²) in [6, 6.07) is 18.6. The minimum Gasteiger partial charge on any atom is -0.491 e. The maximum atomic E-state index is 6.04. The van der Waals surface area contributed by atoms with Gasteiger partial charge in [-0.05, 0) is 39.2 Å². The Labute approximate surface area is 137 Å².